The van der Waals surface area contributed by atoms with E-state index in [4.69, 9.17) is 11.6 Å². The summed E-state index contributed by atoms with van der Waals surface area (Å²) >= 11 is 6.19. The molecule has 1 saturated heterocycles. The van der Waals surface area contributed by atoms with Crippen molar-refractivity contribution in [2.75, 3.05) is 25.0 Å². The van der Waals surface area contributed by atoms with E-state index in [2.05, 4.69) is 14.9 Å². The van der Waals surface area contributed by atoms with Gasteiger partial charge in [0.2, 0.25) is 5.91 Å². The Labute approximate surface area is 147 Å². The summed E-state index contributed by atoms with van der Waals surface area (Å²) in [6.45, 7) is 2.20. The Kier molecular flexibility index (Phi) is 5.30. The van der Waals surface area contributed by atoms with Crippen LogP contribution in [0.25, 0.3) is 0 Å². The van der Waals surface area contributed by atoms with Gasteiger partial charge in [-0.3, -0.25) is 9.78 Å². The lowest BCUT2D eigenvalue weighted by Crippen LogP contribution is -2.41. The minimum atomic E-state index is 0.0606. The summed E-state index contributed by atoms with van der Waals surface area (Å²) in [6, 6.07) is 7.66. The van der Waals surface area contributed by atoms with E-state index >= 15 is 0 Å². The highest BCUT2D eigenvalue weighted by molar-refractivity contribution is 6.31. The van der Waals surface area contributed by atoms with Crippen LogP contribution in [0.3, 0.4) is 0 Å². The van der Waals surface area contributed by atoms with Crippen LogP contribution in [0.2, 0.25) is 5.02 Å². The van der Waals surface area contributed by atoms with Gasteiger partial charge in [0, 0.05) is 50.0 Å². The van der Waals surface area contributed by atoms with Crippen LogP contribution >= 0.6 is 11.6 Å². The maximum Gasteiger partial charge on any atom is 0.225 e. The number of carbonyl (C=O) groups excluding carboxylic acids is 1. The van der Waals surface area contributed by atoms with Crippen molar-refractivity contribution in [1.29, 1.82) is 0 Å². The van der Waals surface area contributed by atoms with Crippen LogP contribution in [0.5, 0.6) is 0 Å². The van der Waals surface area contributed by atoms with E-state index in [0.29, 0.717) is 11.6 Å². The number of hydrogen-bond acceptors (Lipinski definition) is 4. The fourth-order valence-electron chi connectivity index (χ4n) is 3.08. The number of anilines is 1. The largest absolute Gasteiger partial charge is 0.355 e. The fraction of sp³-hybridized carbons (Fsp3) is 0.389. The Hall–Kier alpha value is -2.14. The maximum atomic E-state index is 12.7. The number of piperidine rings is 1. The van der Waals surface area contributed by atoms with E-state index in [0.717, 1.165) is 37.3 Å². The van der Waals surface area contributed by atoms with Gasteiger partial charge in [-0.15, -0.1) is 0 Å². The number of aromatic nitrogens is 2. The van der Waals surface area contributed by atoms with Crippen LogP contribution in [-0.2, 0) is 11.3 Å². The van der Waals surface area contributed by atoms with Crippen LogP contribution < -0.4 is 4.90 Å². The van der Waals surface area contributed by atoms with Crippen LogP contribution in [0.4, 0.5) is 5.82 Å². The van der Waals surface area contributed by atoms with Gasteiger partial charge < -0.3 is 9.80 Å². The topological polar surface area (TPSA) is 49.3 Å². The summed E-state index contributed by atoms with van der Waals surface area (Å²) in [6.07, 6.45) is 6.81. The van der Waals surface area contributed by atoms with Crippen molar-refractivity contribution >= 4 is 23.3 Å². The van der Waals surface area contributed by atoms with Crippen LogP contribution in [0, 0.1) is 5.92 Å². The molecule has 0 aliphatic carbocycles. The number of hydrogen-bond donors (Lipinski definition) is 0. The Morgan fingerprint density at radius 1 is 1.29 bits per heavy atom. The molecule has 2 heterocycles. The summed E-state index contributed by atoms with van der Waals surface area (Å²) in [7, 11) is 1.85. The van der Waals surface area contributed by atoms with Gasteiger partial charge in [-0.2, -0.15) is 0 Å². The van der Waals surface area contributed by atoms with Crippen molar-refractivity contribution in [2.45, 2.75) is 19.4 Å². The Bertz CT molecular complexity index is 686. The van der Waals surface area contributed by atoms with Crippen molar-refractivity contribution in [3.8, 4) is 0 Å². The molecule has 1 aromatic carbocycles. The number of halogens is 1. The number of rotatable bonds is 4. The Morgan fingerprint density at radius 2 is 2.04 bits per heavy atom. The number of amides is 1. The second kappa shape index (κ2) is 7.62. The van der Waals surface area contributed by atoms with Crippen LogP contribution in [0.1, 0.15) is 18.4 Å². The van der Waals surface area contributed by atoms with Gasteiger partial charge in [0.1, 0.15) is 5.82 Å². The zero-order valence-corrected chi connectivity index (χ0v) is 14.5. The number of nitrogens with zero attached hydrogens (tertiary/aromatic N) is 4. The van der Waals surface area contributed by atoms with Crippen molar-refractivity contribution in [3.05, 3.63) is 53.4 Å². The highest BCUT2D eigenvalue weighted by Crippen LogP contribution is 2.24. The fourth-order valence-corrected chi connectivity index (χ4v) is 3.28. The van der Waals surface area contributed by atoms with E-state index in [-0.39, 0.29) is 11.8 Å². The van der Waals surface area contributed by atoms with Gasteiger partial charge >= 0.3 is 0 Å². The standard InChI is InChI=1S/C18H21ClN4O/c1-22(13-15-4-2-3-5-16(15)19)18(24)14-6-10-23(11-7-14)17-12-20-8-9-21-17/h2-5,8-9,12,14H,6-7,10-11,13H2,1H3. The maximum absolute atomic E-state index is 12.7. The normalized spacial score (nSPS) is 15.3. The molecule has 2 aromatic rings. The first kappa shape index (κ1) is 16.7. The molecule has 0 saturated carbocycles. The van der Waals surface area contributed by atoms with E-state index in [9.17, 15) is 4.79 Å². The summed E-state index contributed by atoms with van der Waals surface area (Å²) in [5.74, 6) is 1.13. The first-order valence-corrected chi connectivity index (χ1v) is 8.52. The van der Waals surface area contributed by atoms with E-state index in [1.54, 1.807) is 23.5 Å². The van der Waals surface area contributed by atoms with Gasteiger partial charge in [0.05, 0.1) is 6.20 Å². The van der Waals surface area contributed by atoms with Gasteiger partial charge in [-0.1, -0.05) is 29.8 Å². The highest BCUT2D eigenvalue weighted by Gasteiger charge is 2.27. The molecule has 1 aliphatic heterocycles. The number of carbonyl (C=O) groups is 1. The third-order valence-electron chi connectivity index (χ3n) is 4.46. The Balaban J connectivity index is 1.56. The van der Waals surface area contributed by atoms with E-state index in [1.807, 2.05) is 31.3 Å². The first-order chi connectivity index (χ1) is 11.6. The van der Waals surface area contributed by atoms with Gasteiger partial charge in [-0.25, -0.2) is 4.98 Å². The quantitative estimate of drug-likeness (QED) is 0.855. The van der Waals surface area contributed by atoms with Gasteiger partial charge in [0.25, 0.3) is 0 Å². The molecule has 6 heteroatoms. The third kappa shape index (κ3) is 3.85. The van der Waals surface area contributed by atoms with E-state index in [1.165, 1.54) is 0 Å². The van der Waals surface area contributed by atoms with Crippen LogP contribution in [-0.4, -0.2) is 40.9 Å². The zero-order valence-electron chi connectivity index (χ0n) is 13.7. The molecule has 0 unspecified atom stereocenters. The lowest BCUT2D eigenvalue weighted by Gasteiger charge is -2.33. The van der Waals surface area contributed by atoms with Gasteiger partial charge in [0.15, 0.2) is 0 Å². The number of benzene rings is 1. The molecule has 5 nitrogen and oxygen atoms in total. The molecule has 3 rings (SSSR count). The predicted molar refractivity (Wildman–Crippen MR) is 94.9 cm³/mol. The molecule has 0 N–H and O–H groups in total. The van der Waals surface area contributed by atoms with Crippen molar-refractivity contribution < 1.29 is 4.79 Å². The van der Waals surface area contributed by atoms with Crippen molar-refractivity contribution in [3.63, 3.8) is 0 Å². The summed E-state index contributed by atoms with van der Waals surface area (Å²) in [5, 5.41) is 0.703. The smallest absolute Gasteiger partial charge is 0.225 e. The molecular weight excluding hydrogens is 324 g/mol. The molecule has 1 aromatic heterocycles. The first-order valence-electron chi connectivity index (χ1n) is 8.14. The minimum absolute atomic E-state index is 0.0606. The van der Waals surface area contributed by atoms with Gasteiger partial charge in [-0.05, 0) is 24.5 Å². The molecule has 0 atom stereocenters. The molecule has 0 spiro atoms. The zero-order chi connectivity index (χ0) is 16.9. The van der Waals surface area contributed by atoms with Crippen molar-refractivity contribution in [2.24, 2.45) is 5.92 Å². The third-order valence-corrected chi connectivity index (χ3v) is 4.83. The molecule has 1 aliphatic rings. The molecular formula is C18H21ClN4O. The SMILES string of the molecule is CN(Cc1ccccc1Cl)C(=O)C1CCN(c2cnccn2)CC1. The molecule has 24 heavy (non-hydrogen) atoms. The lowest BCUT2D eigenvalue weighted by molar-refractivity contribution is -0.135. The molecule has 1 amide bonds. The molecule has 0 bridgehead atoms. The van der Waals surface area contributed by atoms with E-state index < -0.39 is 0 Å². The summed E-state index contributed by atoms with van der Waals surface area (Å²) in [4.78, 5) is 25.1. The lowest BCUT2D eigenvalue weighted by atomic mass is 9.95. The summed E-state index contributed by atoms with van der Waals surface area (Å²) < 4.78 is 0. The highest BCUT2D eigenvalue weighted by atomic mass is 35.5. The molecule has 126 valence electrons. The average molecular weight is 345 g/mol. The Morgan fingerprint density at radius 3 is 2.71 bits per heavy atom. The predicted octanol–water partition coefficient (Wildman–Crippen LogP) is 3.01. The second-order valence-corrected chi connectivity index (χ2v) is 6.52. The monoisotopic (exact) mass is 344 g/mol. The van der Waals surface area contributed by atoms with Crippen molar-refractivity contribution in [1.82, 2.24) is 14.9 Å². The second-order valence-electron chi connectivity index (χ2n) is 6.11. The molecule has 0 radical (unpaired) electrons. The van der Waals surface area contributed by atoms with Crippen LogP contribution in [0.15, 0.2) is 42.9 Å². The minimum Gasteiger partial charge on any atom is -0.355 e. The average Bonchev–Trinajstić information content (AvgIpc) is 2.64. The summed E-state index contributed by atoms with van der Waals surface area (Å²) in [5.41, 5.74) is 0.979. The molecule has 1 fully saturated rings.